The van der Waals surface area contributed by atoms with Gasteiger partial charge in [0.25, 0.3) is 11.8 Å². The van der Waals surface area contributed by atoms with Crippen molar-refractivity contribution >= 4 is 20.1 Å². The number of benzene rings is 3. The Morgan fingerprint density at radius 1 is 0.864 bits per heavy atom. The molecule has 0 saturated carbocycles. The van der Waals surface area contributed by atoms with Crippen LogP contribution in [0.5, 0.6) is 11.5 Å². The molecule has 2 heterocycles. The van der Waals surface area contributed by atoms with E-state index in [1.54, 1.807) is 55.6 Å². The lowest BCUT2D eigenvalue weighted by atomic mass is 9.95. The van der Waals surface area contributed by atoms with Gasteiger partial charge in [-0.05, 0) is 60.1 Å². The van der Waals surface area contributed by atoms with E-state index in [0.717, 1.165) is 10.5 Å². The van der Waals surface area contributed by atoms with E-state index in [4.69, 9.17) is 23.4 Å². The standard InChI is InChI=1S/C34H41NO8Si/c1-34(2,3)44(5,6)41-21-27-29(36)30(40-20-22-12-8-7-9-13-22)28(33(43-27)42-24-18-16-23(39-4)17-19-24)35-31(37)25-14-10-11-15-26(25)32(35)38/h7-19,27-30,33,36H,20-21H2,1-6H3/t27-,28-,29-,30-,33-/m1/s1. The summed E-state index contributed by atoms with van der Waals surface area (Å²) in [4.78, 5) is 28.7. The number of imide groups is 1. The van der Waals surface area contributed by atoms with Crippen molar-refractivity contribution in [2.24, 2.45) is 0 Å². The highest BCUT2D eigenvalue weighted by atomic mass is 28.4. The average Bonchev–Trinajstić information content (AvgIpc) is 3.25. The summed E-state index contributed by atoms with van der Waals surface area (Å²) in [6.45, 7) is 10.9. The Balaban J connectivity index is 1.53. The highest BCUT2D eigenvalue weighted by Crippen LogP contribution is 2.39. The summed E-state index contributed by atoms with van der Waals surface area (Å²) in [6, 6.07) is 22.0. The van der Waals surface area contributed by atoms with Gasteiger partial charge in [0, 0.05) is 0 Å². The zero-order valence-electron chi connectivity index (χ0n) is 26.1. The van der Waals surface area contributed by atoms with E-state index in [1.807, 2.05) is 30.3 Å². The van der Waals surface area contributed by atoms with Crippen LogP contribution in [0.3, 0.4) is 0 Å². The number of hydrogen-bond acceptors (Lipinski definition) is 8. The summed E-state index contributed by atoms with van der Waals surface area (Å²) < 4.78 is 31.0. The zero-order valence-corrected chi connectivity index (χ0v) is 27.1. The van der Waals surface area contributed by atoms with Crippen molar-refractivity contribution in [2.75, 3.05) is 13.7 Å². The Bertz CT molecular complexity index is 1420. The van der Waals surface area contributed by atoms with Crippen LogP contribution in [0.25, 0.3) is 0 Å². The first-order valence-electron chi connectivity index (χ1n) is 14.8. The van der Waals surface area contributed by atoms with Crippen molar-refractivity contribution in [2.45, 2.75) is 76.2 Å². The van der Waals surface area contributed by atoms with Gasteiger partial charge in [0.05, 0.1) is 31.5 Å². The lowest BCUT2D eigenvalue weighted by molar-refractivity contribution is -0.263. The Hall–Kier alpha value is -3.54. The van der Waals surface area contributed by atoms with E-state index in [0.29, 0.717) is 11.5 Å². The van der Waals surface area contributed by atoms with E-state index >= 15 is 0 Å². The lowest BCUT2D eigenvalue weighted by Gasteiger charge is -2.47. The fraction of sp³-hybridized carbons (Fsp3) is 0.412. The van der Waals surface area contributed by atoms with E-state index in [-0.39, 0.29) is 29.4 Å². The minimum absolute atomic E-state index is 0.0719. The molecule has 234 valence electrons. The molecule has 2 amide bonds. The van der Waals surface area contributed by atoms with Gasteiger partial charge in [-0.25, -0.2) is 0 Å². The number of hydrogen-bond donors (Lipinski definition) is 1. The highest BCUT2D eigenvalue weighted by Gasteiger charge is 2.55. The van der Waals surface area contributed by atoms with Gasteiger partial charge in [-0.3, -0.25) is 14.5 Å². The first-order valence-corrected chi connectivity index (χ1v) is 17.7. The number of carbonyl (C=O) groups is 2. The Morgan fingerprint density at radius 2 is 1.43 bits per heavy atom. The van der Waals surface area contributed by atoms with Crippen LogP contribution in [0.1, 0.15) is 47.1 Å². The molecule has 2 aliphatic rings. The molecule has 2 aliphatic heterocycles. The van der Waals surface area contributed by atoms with Gasteiger partial charge >= 0.3 is 0 Å². The predicted octanol–water partition coefficient (Wildman–Crippen LogP) is 5.43. The summed E-state index contributed by atoms with van der Waals surface area (Å²) in [5.41, 5.74) is 1.43. The third-order valence-electron chi connectivity index (χ3n) is 8.78. The second-order valence-corrected chi connectivity index (χ2v) is 17.5. The Labute approximate surface area is 259 Å². The molecule has 3 aromatic carbocycles. The molecule has 0 bridgehead atoms. The fourth-order valence-electron chi connectivity index (χ4n) is 5.14. The van der Waals surface area contributed by atoms with Crippen LogP contribution in [0.2, 0.25) is 18.1 Å². The second kappa shape index (κ2) is 12.8. The number of fused-ring (bicyclic) bond motifs is 1. The Morgan fingerprint density at radius 3 is 2.00 bits per heavy atom. The molecule has 0 radical (unpaired) electrons. The molecule has 1 saturated heterocycles. The second-order valence-electron chi connectivity index (χ2n) is 12.7. The van der Waals surface area contributed by atoms with Gasteiger partial charge < -0.3 is 28.5 Å². The van der Waals surface area contributed by atoms with Crippen molar-refractivity contribution < 1.29 is 38.1 Å². The third-order valence-corrected chi connectivity index (χ3v) is 13.3. The largest absolute Gasteiger partial charge is 0.497 e. The highest BCUT2D eigenvalue weighted by molar-refractivity contribution is 6.74. The Kier molecular flexibility index (Phi) is 9.29. The van der Waals surface area contributed by atoms with Crippen LogP contribution in [0, 0.1) is 0 Å². The first kappa shape index (κ1) is 31.9. The number of carbonyl (C=O) groups excluding carboxylic acids is 2. The quantitative estimate of drug-likeness (QED) is 0.237. The van der Waals surface area contributed by atoms with E-state index in [2.05, 4.69) is 33.9 Å². The molecule has 5 atom stereocenters. The molecule has 1 fully saturated rings. The normalized spacial score (nSPS) is 23.9. The van der Waals surface area contributed by atoms with Crippen LogP contribution in [-0.2, 0) is 20.5 Å². The van der Waals surface area contributed by atoms with Crippen molar-refractivity contribution in [1.82, 2.24) is 4.90 Å². The average molecular weight is 620 g/mol. The fourth-order valence-corrected chi connectivity index (χ4v) is 6.16. The van der Waals surface area contributed by atoms with Crippen LogP contribution < -0.4 is 9.47 Å². The van der Waals surface area contributed by atoms with Crippen LogP contribution in [0.15, 0.2) is 78.9 Å². The summed E-state index contributed by atoms with van der Waals surface area (Å²) in [5.74, 6) is 0.0663. The van der Waals surface area contributed by atoms with Crippen molar-refractivity contribution in [3.63, 3.8) is 0 Å². The number of amides is 2. The summed E-state index contributed by atoms with van der Waals surface area (Å²) in [6.07, 6.45) is -4.33. The molecule has 44 heavy (non-hydrogen) atoms. The number of aliphatic hydroxyl groups excluding tert-OH is 1. The predicted molar refractivity (Wildman–Crippen MR) is 167 cm³/mol. The van der Waals surface area contributed by atoms with Crippen LogP contribution >= 0.6 is 0 Å². The molecule has 0 aliphatic carbocycles. The number of ether oxygens (including phenoxy) is 4. The smallest absolute Gasteiger partial charge is 0.262 e. The molecule has 3 aromatic rings. The molecule has 9 nitrogen and oxygen atoms in total. The lowest BCUT2D eigenvalue weighted by Crippen LogP contribution is -2.67. The molecule has 0 aromatic heterocycles. The van der Waals surface area contributed by atoms with Gasteiger partial charge in [-0.15, -0.1) is 0 Å². The molecule has 5 rings (SSSR count). The SMILES string of the molecule is COc1ccc(O[C@@H]2O[C@H](CO[Si](C)(C)C(C)(C)C)[C@@H](O)[C@H](OCc3ccccc3)[C@H]2N2C(=O)c3ccccc3C2=O)cc1. The van der Waals surface area contributed by atoms with Crippen LogP contribution in [-0.4, -0.2) is 74.5 Å². The molecule has 0 unspecified atom stereocenters. The first-order chi connectivity index (χ1) is 20.9. The maximum Gasteiger partial charge on any atom is 0.262 e. The minimum atomic E-state index is -2.23. The van der Waals surface area contributed by atoms with Crippen LogP contribution in [0.4, 0.5) is 0 Å². The summed E-state index contributed by atoms with van der Waals surface area (Å²) in [7, 11) is -0.660. The number of aliphatic hydroxyl groups is 1. The maximum absolute atomic E-state index is 13.8. The van der Waals surface area contributed by atoms with Gasteiger partial charge in [-0.1, -0.05) is 63.2 Å². The topological polar surface area (TPSA) is 104 Å². The summed E-state index contributed by atoms with van der Waals surface area (Å²) >= 11 is 0. The van der Waals surface area contributed by atoms with E-state index in [1.165, 1.54) is 0 Å². The maximum atomic E-state index is 13.8. The summed E-state index contributed by atoms with van der Waals surface area (Å²) in [5, 5.41) is 11.8. The number of nitrogens with zero attached hydrogens (tertiary/aromatic N) is 1. The van der Waals surface area contributed by atoms with Gasteiger partial charge in [-0.2, -0.15) is 0 Å². The van der Waals surface area contributed by atoms with Crippen molar-refractivity contribution in [1.29, 1.82) is 0 Å². The monoisotopic (exact) mass is 619 g/mol. The third kappa shape index (κ3) is 6.45. The van der Waals surface area contributed by atoms with E-state index in [9.17, 15) is 14.7 Å². The van der Waals surface area contributed by atoms with Crippen molar-refractivity contribution in [3.8, 4) is 11.5 Å². The van der Waals surface area contributed by atoms with Gasteiger partial charge in [0.15, 0.2) is 8.32 Å². The van der Waals surface area contributed by atoms with Gasteiger partial charge in [0.2, 0.25) is 6.29 Å². The molecule has 10 heteroatoms. The molecular formula is C34H41NO8Si. The zero-order chi connectivity index (χ0) is 31.6. The number of rotatable bonds is 10. The van der Waals surface area contributed by atoms with Gasteiger partial charge in [0.1, 0.15) is 35.9 Å². The van der Waals surface area contributed by atoms with Crippen molar-refractivity contribution in [3.05, 3.63) is 95.6 Å². The molecule has 1 N–H and O–H groups in total. The minimum Gasteiger partial charge on any atom is -0.497 e. The molecular weight excluding hydrogens is 578 g/mol. The number of methoxy groups -OCH3 is 1. The molecule has 0 spiro atoms. The van der Waals surface area contributed by atoms with E-state index < -0.39 is 50.8 Å².